The Labute approximate surface area is 110 Å². The van der Waals surface area contributed by atoms with Crippen LogP contribution in [-0.2, 0) is 4.74 Å². The lowest BCUT2D eigenvalue weighted by molar-refractivity contribution is -0.0498. The first-order valence-electron chi connectivity index (χ1n) is 6.41. The van der Waals surface area contributed by atoms with Crippen molar-refractivity contribution in [3.05, 3.63) is 29.8 Å². The van der Waals surface area contributed by atoms with Gasteiger partial charge in [-0.15, -0.1) is 0 Å². The third kappa shape index (κ3) is 4.19. The van der Waals surface area contributed by atoms with Crippen LogP contribution in [-0.4, -0.2) is 18.7 Å². The van der Waals surface area contributed by atoms with Gasteiger partial charge in [0.05, 0.1) is 5.56 Å². The van der Waals surface area contributed by atoms with Gasteiger partial charge in [0.15, 0.2) is 0 Å². The van der Waals surface area contributed by atoms with Gasteiger partial charge in [-0.3, -0.25) is 0 Å². The molecule has 0 radical (unpaired) electrons. The number of hydrogen-bond acceptors (Lipinski definition) is 3. The smallest absolute Gasteiger partial charge is 0.387 e. The molecule has 1 fully saturated rings. The quantitative estimate of drug-likeness (QED) is 0.781. The standard InChI is InChI=1S/C14H16F2O3/c15-14(16)19-12-8-6-10(7-9-12)13(17)18-11-4-2-1-3-5-11/h6-9,11,14H,1-5H2. The van der Waals surface area contributed by atoms with Crippen molar-refractivity contribution in [2.45, 2.75) is 44.8 Å². The second kappa shape index (κ2) is 6.50. The van der Waals surface area contributed by atoms with Crippen LogP contribution in [0.2, 0.25) is 0 Å². The summed E-state index contributed by atoms with van der Waals surface area (Å²) in [5.41, 5.74) is 0.354. The molecule has 5 heteroatoms. The maximum absolute atomic E-state index is 12.0. The van der Waals surface area contributed by atoms with Crippen molar-refractivity contribution in [1.82, 2.24) is 0 Å². The molecule has 104 valence electrons. The average molecular weight is 270 g/mol. The average Bonchev–Trinajstić information content (AvgIpc) is 2.40. The first kappa shape index (κ1) is 13.8. The lowest BCUT2D eigenvalue weighted by Gasteiger charge is -2.21. The van der Waals surface area contributed by atoms with Crippen LogP contribution in [0.1, 0.15) is 42.5 Å². The summed E-state index contributed by atoms with van der Waals surface area (Å²) in [6, 6.07) is 5.54. The van der Waals surface area contributed by atoms with Crippen molar-refractivity contribution < 1.29 is 23.0 Å². The summed E-state index contributed by atoms with van der Waals surface area (Å²) in [5.74, 6) is -0.375. The normalized spacial score (nSPS) is 16.4. The molecule has 0 aromatic heterocycles. The fraction of sp³-hybridized carbons (Fsp3) is 0.500. The fourth-order valence-corrected chi connectivity index (χ4v) is 2.17. The molecule has 1 aromatic rings. The SMILES string of the molecule is O=C(OC1CCCCC1)c1ccc(OC(F)F)cc1. The minimum absolute atomic E-state index is 0.0155. The highest BCUT2D eigenvalue weighted by Crippen LogP contribution is 2.22. The number of esters is 1. The Morgan fingerprint density at radius 2 is 1.74 bits per heavy atom. The van der Waals surface area contributed by atoms with Gasteiger partial charge in [0, 0.05) is 0 Å². The first-order chi connectivity index (χ1) is 9.15. The molecule has 3 nitrogen and oxygen atoms in total. The highest BCUT2D eigenvalue weighted by molar-refractivity contribution is 5.89. The Morgan fingerprint density at radius 3 is 2.32 bits per heavy atom. The maximum Gasteiger partial charge on any atom is 0.387 e. The molecule has 0 bridgehead atoms. The summed E-state index contributed by atoms with van der Waals surface area (Å²) in [7, 11) is 0. The molecule has 19 heavy (non-hydrogen) atoms. The Hall–Kier alpha value is -1.65. The van der Waals surface area contributed by atoms with Gasteiger partial charge in [0.2, 0.25) is 0 Å². The highest BCUT2D eigenvalue weighted by atomic mass is 19.3. The molecule has 0 saturated heterocycles. The number of ether oxygens (including phenoxy) is 2. The maximum atomic E-state index is 12.0. The molecule has 0 atom stereocenters. The molecule has 0 spiro atoms. The van der Waals surface area contributed by atoms with Crippen LogP contribution < -0.4 is 4.74 Å². The van der Waals surface area contributed by atoms with E-state index in [-0.39, 0.29) is 11.9 Å². The van der Waals surface area contributed by atoms with Crippen molar-refractivity contribution in [1.29, 1.82) is 0 Å². The second-order valence-electron chi connectivity index (χ2n) is 4.57. The van der Waals surface area contributed by atoms with E-state index in [1.54, 1.807) is 0 Å². The Morgan fingerprint density at radius 1 is 1.11 bits per heavy atom. The topological polar surface area (TPSA) is 35.5 Å². The van der Waals surface area contributed by atoms with E-state index in [9.17, 15) is 13.6 Å². The monoisotopic (exact) mass is 270 g/mol. The summed E-state index contributed by atoms with van der Waals surface area (Å²) >= 11 is 0. The molecular weight excluding hydrogens is 254 g/mol. The summed E-state index contributed by atoms with van der Waals surface area (Å²) in [4.78, 5) is 11.8. The van der Waals surface area contributed by atoms with E-state index in [1.165, 1.54) is 30.7 Å². The van der Waals surface area contributed by atoms with Crippen LogP contribution in [0.15, 0.2) is 24.3 Å². The number of alkyl halides is 2. The predicted octanol–water partition coefficient (Wildman–Crippen LogP) is 3.78. The van der Waals surface area contributed by atoms with Crippen LogP contribution in [0.25, 0.3) is 0 Å². The number of carbonyl (C=O) groups excluding carboxylic acids is 1. The van der Waals surface area contributed by atoms with Gasteiger partial charge in [-0.25, -0.2) is 4.79 Å². The van der Waals surface area contributed by atoms with Crippen molar-refractivity contribution in [2.75, 3.05) is 0 Å². The van der Waals surface area contributed by atoms with Crippen molar-refractivity contribution >= 4 is 5.97 Å². The predicted molar refractivity (Wildman–Crippen MR) is 65.4 cm³/mol. The molecule has 1 aliphatic carbocycles. The van der Waals surface area contributed by atoms with E-state index in [4.69, 9.17) is 4.74 Å². The van der Waals surface area contributed by atoms with Crippen LogP contribution in [0.3, 0.4) is 0 Å². The van der Waals surface area contributed by atoms with Crippen molar-refractivity contribution in [2.24, 2.45) is 0 Å². The molecule has 0 N–H and O–H groups in total. The third-order valence-corrected chi connectivity index (χ3v) is 3.14. The van der Waals surface area contributed by atoms with Crippen LogP contribution in [0, 0.1) is 0 Å². The summed E-state index contributed by atoms with van der Waals surface area (Å²) in [6.45, 7) is -2.86. The molecular formula is C14H16F2O3. The van der Waals surface area contributed by atoms with E-state index in [1.807, 2.05) is 0 Å². The van der Waals surface area contributed by atoms with Gasteiger partial charge in [-0.05, 0) is 49.9 Å². The van der Waals surface area contributed by atoms with Gasteiger partial charge in [-0.1, -0.05) is 6.42 Å². The van der Waals surface area contributed by atoms with Crippen molar-refractivity contribution in [3.8, 4) is 5.75 Å². The Kier molecular flexibility index (Phi) is 4.71. The fourth-order valence-electron chi connectivity index (χ4n) is 2.17. The van der Waals surface area contributed by atoms with Gasteiger partial charge in [0.1, 0.15) is 11.9 Å². The Balaban J connectivity index is 1.91. The molecule has 0 aliphatic heterocycles. The van der Waals surface area contributed by atoms with E-state index in [0.29, 0.717) is 5.56 Å². The number of halogens is 2. The van der Waals surface area contributed by atoms with Gasteiger partial charge >= 0.3 is 12.6 Å². The minimum atomic E-state index is -2.86. The van der Waals surface area contributed by atoms with Crippen molar-refractivity contribution in [3.63, 3.8) is 0 Å². The molecule has 0 unspecified atom stereocenters. The highest BCUT2D eigenvalue weighted by Gasteiger charge is 2.18. The van der Waals surface area contributed by atoms with Gasteiger partial charge in [0.25, 0.3) is 0 Å². The molecule has 0 heterocycles. The Bertz CT molecular complexity index is 411. The molecule has 1 aromatic carbocycles. The largest absolute Gasteiger partial charge is 0.459 e. The summed E-state index contributed by atoms with van der Waals surface area (Å²) < 4.78 is 33.5. The van der Waals surface area contributed by atoms with Crippen LogP contribution >= 0.6 is 0 Å². The van der Waals surface area contributed by atoms with E-state index >= 15 is 0 Å². The zero-order chi connectivity index (χ0) is 13.7. The zero-order valence-electron chi connectivity index (χ0n) is 10.5. The van der Waals surface area contributed by atoms with Gasteiger partial charge < -0.3 is 9.47 Å². The van der Waals surface area contributed by atoms with Gasteiger partial charge in [-0.2, -0.15) is 8.78 Å². The number of rotatable bonds is 4. The molecule has 1 aliphatic rings. The number of hydrogen-bond donors (Lipinski definition) is 0. The summed E-state index contributed by atoms with van der Waals surface area (Å²) in [5, 5.41) is 0. The number of carbonyl (C=O) groups is 1. The van der Waals surface area contributed by atoms with Crippen LogP contribution in [0.5, 0.6) is 5.75 Å². The van der Waals surface area contributed by atoms with E-state index < -0.39 is 12.6 Å². The minimum Gasteiger partial charge on any atom is -0.459 e. The molecule has 2 rings (SSSR count). The second-order valence-corrected chi connectivity index (χ2v) is 4.57. The zero-order valence-corrected chi connectivity index (χ0v) is 10.5. The van der Waals surface area contributed by atoms with E-state index in [0.717, 1.165) is 25.7 Å². The first-order valence-corrected chi connectivity index (χ1v) is 6.41. The van der Waals surface area contributed by atoms with E-state index in [2.05, 4.69) is 4.74 Å². The summed E-state index contributed by atoms with van der Waals surface area (Å²) in [6.07, 6.45) is 5.14. The third-order valence-electron chi connectivity index (χ3n) is 3.14. The number of benzene rings is 1. The molecule has 1 saturated carbocycles. The lowest BCUT2D eigenvalue weighted by Crippen LogP contribution is -2.20. The van der Waals surface area contributed by atoms with Crippen LogP contribution in [0.4, 0.5) is 8.78 Å². The lowest BCUT2D eigenvalue weighted by atomic mass is 9.98. The molecule has 0 amide bonds.